The zero-order chi connectivity index (χ0) is 28.6. The number of anilines is 1. The Hall–Kier alpha value is -4.51. The van der Waals surface area contributed by atoms with E-state index in [0.717, 1.165) is 12.8 Å². The average Bonchev–Trinajstić information content (AvgIpc) is 3.43. The van der Waals surface area contributed by atoms with Gasteiger partial charge in [0.15, 0.2) is 11.2 Å². The maximum atomic E-state index is 12.7. The molecule has 2 aromatic carbocycles. The minimum absolute atomic E-state index is 0.00243. The molecule has 1 saturated carbocycles. The number of esters is 2. The molecule has 0 bridgehead atoms. The van der Waals surface area contributed by atoms with Crippen molar-refractivity contribution in [2.45, 2.75) is 25.3 Å². The Bertz CT molecular complexity index is 1460. The molecule has 11 heteroatoms. The molecule has 1 fully saturated rings. The Labute approximate surface area is 237 Å². The van der Waals surface area contributed by atoms with Crippen molar-refractivity contribution in [1.82, 2.24) is 19.5 Å². The highest BCUT2D eigenvalue weighted by molar-refractivity contribution is 5.89. The van der Waals surface area contributed by atoms with E-state index in [4.69, 9.17) is 24.7 Å². The average molecular weight is 560 g/mol. The van der Waals surface area contributed by atoms with Crippen LogP contribution >= 0.6 is 0 Å². The van der Waals surface area contributed by atoms with Crippen LogP contribution in [0, 0.1) is 11.8 Å². The third-order valence-electron chi connectivity index (χ3n) is 7.31. The Morgan fingerprint density at radius 2 is 1.51 bits per heavy atom. The van der Waals surface area contributed by atoms with Gasteiger partial charge in [0.25, 0.3) is 0 Å². The number of methoxy groups -OCH3 is 1. The second-order valence-electron chi connectivity index (χ2n) is 9.97. The van der Waals surface area contributed by atoms with Crippen LogP contribution in [0.15, 0.2) is 67.0 Å². The molecule has 3 unspecified atom stereocenters. The van der Waals surface area contributed by atoms with E-state index in [0.29, 0.717) is 47.8 Å². The van der Waals surface area contributed by atoms with Gasteiger partial charge in [-0.3, -0.25) is 0 Å². The molecule has 3 atom stereocenters. The summed E-state index contributed by atoms with van der Waals surface area (Å²) in [6, 6.07) is 17.8. The largest absolute Gasteiger partial charge is 0.474 e. The summed E-state index contributed by atoms with van der Waals surface area (Å²) in [6.07, 6.45) is 3.91. The molecule has 214 valence electrons. The molecular weight excluding hydrogens is 526 g/mol. The summed E-state index contributed by atoms with van der Waals surface area (Å²) < 4.78 is 24.2. The maximum absolute atomic E-state index is 12.7. The minimum atomic E-state index is -0.390. The van der Waals surface area contributed by atoms with Crippen molar-refractivity contribution in [2.24, 2.45) is 11.8 Å². The van der Waals surface area contributed by atoms with Crippen molar-refractivity contribution in [3.05, 3.63) is 78.1 Å². The molecule has 1 aliphatic rings. The first-order valence-corrected chi connectivity index (χ1v) is 13.6. The van der Waals surface area contributed by atoms with Gasteiger partial charge in [0, 0.05) is 19.1 Å². The number of hydrogen-bond acceptors (Lipinski definition) is 10. The predicted octanol–water partition coefficient (Wildman–Crippen LogP) is 4.11. The summed E-state index contributed by atoms with van der Waals surface area (Å²) in [4.78, 5) is 38.6. The van der Waals surface area contributed by atoms with Crippen LogP contribution in [0.3, 0.4) is 0 Å². The first-order valence-electron chi connectivity index (χ1n) is 13.6. The highest BCUT2D eigenvalue weighted by Gasteiger charge is 2.34. The summed E-state index contributed by atoms with van der Waals surface area (Å²) in [6.45, 7) is 1.11. The summed E-state index contributed by atoms with van der Waals surface area (Å²) in [5, 5.41) is 0. The Balaban J connectivity index is 1.33. The fourth-order valence-corrected chi connectivity index (χ4v) is 5.15. The summed E-state index contributed by atoms with van der Waals surface area (Å²) >= 11 is 0. The van der Waals surface area contributed by atoms with Crippen molar-refractivity contribution < 1.29 is 28.5 Å². The summed E-state index contributed by atoms with van der Waals surface area (Å²) in [5.41, 5.74) is 8.08. The third-order valence-corrected chi connectivity index (χ3v) is 7.31. The van der Waals surface area contributed by atoms with Crippen LogP contribution in [0.4, 0.5) is 5.95 Å². The molecule has 0 amide bonds. The van der Waals surface area contributed by atoms with Crippen LogP contribution in [-0.4, -0.2) is 65.0 Å². The molecule has 2 aromatic heterocycles. The number of ether oxygens (including phenoxy) is 4. The van der Waals surface area contributed by atoms with Gasteiger partial charge in [0.2, 0.25) is 11.8 Å². The topological polar surface area (TPSA) is 141 Å². The number of nitrogens with two attached hydrogens (primary N) is 1. The van der Waals surface area contributed by atoms with E-state index in [1.807, 2.05) is 16.7 Å². The van der Waals surface area contributed by atoms with Crippen LogP contribution in [-0.2, 0) is 14.2 Å². The molecule has 4 aromatic rings. The lowest BCUT2D eigenvalue weighted by atomic mass is 9.77. The van der Waals surface area contributed by atoms with Gasteiger partial charge in [-0.25, -0.2) is 14.6 Å². The zero-order valence-corrected chi connectivity index (χ0v) is 22.8. The lowest BCUT2D eigenvalue weighted by Crippen LogP contribution is -2.33. The van der Waals surface area contributed by atoms with E-state index in [1.165, 1.54) is 0 Å². The molecule has 11 nitrogen and oxygen atoms in total. The van der Waals surface area contributed by atoms with Gasteiger partial charge in [0.05, 0.1) is 37.3 Å². The molecule has 1 aliphatic carbocycles. The second kappa shape index (κ2) is 13.2. The predicted molar refractivity (Wildman–Crippen MR) is 150 cm³/mol. The number of carbonyl (C=O) groups excluding carboxylic acids is 2. The molecule has 5 rings (SSSR count). The van der Waals surface area contributed by atoms with E-state index < -0.39 is 0 Å². The number of nitrogen functional groups attached to an aromatic ring is 1. The SMILES string of the molecule is COCCOc1nc(N)nc2c1ncn2C1CCC(COC(=O)c2ccccc2)C(COC(=O)c2ccccc2)C1. The van der Waals surface area contributed by atoms with Crippen LogP contribution < -0.4 is 10.5 Å². The fraction of sp³-hybridized carbons (Fsp3) is 0.367. The van der Waals surface area contributed by atoms with Gasteiger partial charge >= 0.3 is 11.9 Å². The van der Waals surface area contributed by atoms with Gasteiger partial charge in [-0.2, -0.15) is 9.97 Å². The molecule has 0 aliphatic heterocycles. The van der Waals surface area contributed by atoms with Crippen LogP contribution in [0.2, 0.25) is 0 Å². The van der Waals surface area contributed by atoms with Crippen molar-refractivity contribution in [3.63, 3.8) is 0 Å². The number of aromatic nitrogens is 4. The Kier molecular flexibility index (Phi) is 9.05. The quantitative estimate of drug-likeness (QED) is 0.211. The van der Waals surface area contributed by atoms with Gasteiger partial charge < -0.3 is 29.2 Å². The molecule has 2 heterocycles. The highest BCUT2D eigenvalue weighted by atomic mass is 16.5. The number of carbonyl (C=O) groups is 2. The van der Waals surface area contributed by atoms with E-state index in [2.05, 4.69) is 15.0 Å². The molecule has 2 N–H and O–H groups in total. The van der Waals surface area contributed by atoms with Crippen molar-refractivity contribution >= 4 is 29.1 Å². The smallest absolute Gasteiger partial charge is 0.338 e. The van der Waals surface area contributed by atoms with Crippen LogP contribution in [0.25, 0.3) is 11.2 Å². The number of rotatable bonds is 11. The number of fused-ring (bicyclic) bond motifs is 1. The van der Waals surface area contributed by atoms with Gasteiger partial charge in [-0.1, -0.05) is 36.4 Å². The van der Waals surface area contributed by atoms with E-state index in [9.17, 15) is 9.59 Å². The Morgan fingerprint density at radius 1 is 0.878 bits per heavy atom. The molecule has 0 spiro atoms. The minimum Gasteiger partial charge on any atom is -0.474 e. The van der Waals surface area contributed by atoms with Gasteiger partial charge in [-0.05, 0) is 49.4 Å². The fourth-order valence-electron chi connectivity index (χ4n) is 5.15. The summed E-state index contributed by atoms with van der Waals surface area (Å²) in [7, 11) is 1.59. The number of nitrogens with zero attached hydrogens (tertiary/aromatic N) is 4. The highest BCUT2D eigenvalue weighted by Crippen LogP contribution is 2.39. The summed E-state index contributed by atoms with van der Waals surface area (Å²) in [5.74, 6) is -0.440. The Morgan fingerprint density at radius 3 is 2.15 bits per heavy atom. The van der Waals surface area contributed by atoms with E-state index in [1.54, 1.807) is 62.0 Å². The van der Waals surface area contributed by atoms with E-state index in [-0.39, 0.29) is 49.0 Å². The van der Waals surface area contributed by atoms with Gasteiger partial charge in [0.1, 0.15) is 6.61 Å². The van der Waals surface area contributed by atoms with Crippen LogP contribution in [0.5, 0.6) is 5.88 Å². The van der Waals surface area contributed by atoms with Gasteiger partial charge in [-0.15, -0.1) is 0 Å². The van der Waals surface area contributed by atoms with E-state index >= 15 is 0 Å². The monoisotopic (exact) mass is 559 g/mol. The number of hydrogen-bond donors (Lipinski definition) is 1. The van der Waals surface area contributed by atoms with Crippen molar-refractivity contribution in [3.8, 4) is 5.88 Å². The first-order chi connectivity index (χ1) is 20.0. The molecule has 41 heavy (non-hydrogen) atoms. The molecule has 0 saturated heterocycles. The standard InChI is InChI=1S/C30H33N5O6/c1-38-14-15-39-27-25-26(33-30(31)34-27)35(19-32-25)24-13-12-22(17-40-28(36)20-8-4-2-5-9-20)23(16-24)18-41-29(37)21-10-6-3-7-11-21/h2-11,19,22-24H,12-18H2,1H3,(H2,31,33,34). The first kappa shape index (κ1) is 28.0. The normalized spacial score (nSPS) is 18.6. The third kappa shape index (κ3) is 6.80. The second-order valence-corrected chi connectivity index (χ2v) is 9.97. The molecular formula is C30H33N5O6. The zero-order valence-electron chi connectivity index (χ0n) is 22.8. The lowest BCUT2D eigenvalue weighted by Gasteiger charge is -2.36. The molecule has 0 radical (unpaired) electrons. The van der Waals surface area contributed by atoms with Crippen molar-refractivity contribution in [1.29, 1.82) is 0 Å². The maximum Gasteiger partial charge on any atom is 0.338 e. The number of benzene rings is 2. The lowest BCUT2D eigenvalue weighted by molar-refractivity contribution is 0.00843. The van der Waals surface area contributed by atoms with Crippen LogP contribution in [0.1, 0.15) is 46.0 Å². The van der Waals surface area contributed by atoms with Crippen molar-refractivity contribution in [2.75, 3.05) is 39.3 Å². The number of imidazole rings is 1.